The number of nitrogens with one attached hydrogen (secondary N) is 1. The fraction of sp³-hybridized carbons (Fsp3) is 0.500. The zero-order valence-electron chi connectivity index (χ0n) is 23.4. The van der Waals surface area contributed by atoms with Crippen molar-refractivity contribution < 1.29 is 9.53 Å². The predicted octanol–water partition coefficient (Wildman–Crippen LogP) is 5.13. The molecule has 3 heterocycles. The normalized spacial score (nSPS) is 25.9. The van der Waals surface area contributed by atoms with E-state index < -0.39 is 0 Å². The summed E-state index contributed by atoms with van der Waals surface area (Å²) in [6.07, 6.45) is 6.18. The van der Waals surface area contributed by atoms with E-state index in [9.17, 15) is 10.1 Å². The number of H-pyrrole nitrogens is 1. The van der Waals surface area contributed by atoms with Gasteiger partial charge in [-0.25, -0.2) is 0 Å². The summed E-state index contributed by atoms with van der Waals surface area (Å²) >= 11 is 0. The molecule has 1 amide bonds. The second-order valence-corrected chi connectivity index (χ2v) is 12.0. The molecule has 1 atom stereocenters. The van der Waals surface area contributed by atoms with Crippen LogP contribution in [0.25, 0.3) is 10.9 Å². The quantitative estimate of drug-likeness (QED) is 0.500. The van der Waals surface area contributed by atoms with Gasteiger partial charge in [0.05, 0.1) is 13.2 Å². The molecule has 1 aromatic heterocycles. The summed E-state index contributed by atoms with van der Waals surface area (Å²) < 4.78 is 5.87. The number of likely N-dealkylation sites (tertiary alicyclic amines) is 1. The van der Waals surface area contributed by atoms with Gasteiger partial charge in [-0.2, -0.15) is 5.26 Å². The largest absolute Gasteiger partial charge is 0.496 e. The molecule has 0 unspecified atom stereocenters. The maximum atomic E-state index is 13.2. The number of nitriles is 1. The van der Waals surface area contributed by atoms with Crippen molar-refractivity contribution in [2.75, 3.05) is 46.9 Å². The van der Waals surface area contributed by atoms with Gasteiger partial charge in [-0.05, 0) is 87.0 Å². The first-order valence-corrected chi connectivity index (χ1v) is 14.2. The van der Waals surface area contributed by atoms with Crippen LogP contribution >= 0.6 is 0 Å². The molecule has 0 radical (unpaired) electrons. The van der Waals surface area contributed by atoms with Crippen LogP contribution < -0.4 is 4.74 Å². The number of rotatable bonds is 5. The van der Waals surface area contributed by atoms with Crippen LogP contribution in [-0.2, 0) is 6.54 Å². The van der Waals surface area contributed by atoms with E-state index in [1.165, 1.54) is 27.6 Å². The van der Waals surface area contributed by atoms with Gasteiger partial charge >= 0.3 is 0 Å². The summed E-state index contributed by atoms with van der Waals surface area (Å²) in [6, 6.07) is 15.4. The number of aromatic nitrogens is 1. The molecule has 7 heteroatoms. The molecule has 1 saturated carbocycles. The minimum absolute atomic E-state index is 0.127. The van der Waals surface area contributed by atoms with E-state index in [2.05, 4.69) is 59.1 Å². The highest BCUT2D eigenvalue weighted by molar-refractivity contribution is 5.94. The number of carbonyl (C=O) groups excluding carboxylic acids is 1. The van der Waals surface area contributed by atoms with Crippen molar-refractivity contribution in [2.45, 2.75) is 45.2 Å². The van der Waals surface area contributed by atoms with Crippen LogP contribution in [0.5, 0.6) is 5.75 Å². The Morgan fingerprint density at radius 2 is 1.85 bits per heavy atom. The minimum atomic E-state index is 0.127. The molecule has 6 rings (SSSR count). The zero-order valence-corrected chi connectivity index (χ0v) is 23.4. The van der Waals surface area contributed by atoms with Crippen LogP contribution in [0.15, 0.2) is 42.6 Å². The number of fused-ring (bicyclic) bond motifs is 1. The average molecular weight is 526 g/mol. The van der Waals surface area contributed by atoms with Gasteiger partial charge in [0.25, 0.3) is 5.91 Å². The summed E-state index contributed by atoms with van der Waals surface area (Å²) in [7, 11) is 3.86. The molecule has 2 saturated heterocycles. The number of hydrogen-bond donors (Lipinski definition) is 1. The van der Waals surface area contributed by atoms with Crippen molar-refractivity contribution in [1.82, 2.24) is 19.7 Å². The highest BCUT2D eigenvalue weighted by Gasteiger charge is 2.49. The van der Waals surface area contributed by atoms with E-state index in [0.717, 1.165) is 76.3 Å². The zero-order chi connectivity index (χ0) is 27.1. The molecule has 0 bridgehead atoms. The van der Waals surface area contributed by atoms with Gasteiger partial charge in [0, 0.05) is 72.9 Å². The third kappa shape index (κ3) is 4.81. The smallest absolute Gasteiger partial charge is 0.253 e. The number of aromatic amines is 1. The standard InChI is InChI=1S/C32H39N5O2/c1-22-16-29(39-3)27(26-8-10-34-30(22)26)21-37-11-9-32(17-23(18-32)20-33)19-28(37)24-4-6-25(7-5-24)31(38)36-14-12-35(2)13-15-36/h4-8,10,16,23,28,34H,9,11-15,17-19,21H2,1-3H3/t23?,28-,32?/m0/s1. The maximum Gasteiger partial charge on any atom is 0.253 e. The minimum Gasteiger partial charge on any atom is -0.496 e. The molecule has 204 valence electrons. The first-order chi connectivity index (χ1) is 18.9. The lowest BCUT2D eigenvalue weighted by Crippen LogP contribution is -2.48. The van der Waals surface area contributed by atoms with Gasteiger partial charge in [0.2, 0.25) is 0 Å². The lowest BCUT2D eigenvalue weighted by molar-refractivity contribution is -0.0298. The second-order valence-electron chi connectivity index (χ2n) is 12.0. The molecular weight excluding hydrogens is 486 g/mol. The third-order valence-corrected chi connectivity index (χ3v) is 9.56. The SMILES string of the molecule is COc1cc(C)c2[nH]ccc2c1CN1CCC2(CC(C#N)C2)C[C@H]1c1ccc(C(=O)N2CCN(C)CC2)cc1. The summed E-state index contributed by atoms with van der Waals surface area (Å²) in [5.41, 5.74) is 5.83. The topological polar surface area (TPSA) is 75.6 Å². The Balaban J connectivity index is 1.28. The molecule has 1 spiro atoms. The molecule has 2 aliphatic heterocycles. The van der Waals surface area contributed by atoms with Gasteiger partial charge in [-0.1, -0.05) is 12.1 Å². The highest BCUT2D eigenvalue weighted by atomic mass is 16.5. The van der Waals surface area contributed by atoms with Gasteiger partial charge in [-0.3, -0.25) is 9.69 Å². The number of hydrogen-bond acceptors (Lipinski definition) is 5. The third-order valence-electron chi connectivity index (χ3n) is 9.56. The predicted molar refractivity (Wildman–Crippen MR) is 153 cm³/mol. The Morgan fingerprint density at radius 1 is 1.10 bits per heavy atom. The van der Waals surface area contributed by atoms with E-state index in [-0.39, 0.29) is 23.3 Å². The summed E-state index contributed by atoms with van der Waals surface area (Å²) in [4.78, 5) is 23.4. The fourth-order valence-electron chi connectivity index (χ4n) is 7.17. The van der Waals surface area contributed by atoms with Crippen molar-refractivity contribution >= 4 is 16.8 Å². The van der Waals surface area contributed by atoms with Crippen molar-refractivity contribution in [3.63, 3.8) is 0 Å². The molecule has 1 N–H and O–H groups in total. The van der Waals surface area contributed by atoms with Crippen molar-refractivity contribution in [3.8, 4) is 11.8 Å². The van der Waals surface area contributed by atoms with Gasteiger partial charge < -0.3 is 19.5 Å². The van der Waals surface area contributed by atoms with Crippen LogP contribution in [0, 0.1) is 29.6 Å². The number of piperidine rings is 1. The Labute approximate surface area is 231 Å². The highest BCUT2D eigenvalue weighted by Crippen LogP contribution is 2.56. The maximum absolute atomic E-state index is 13.2. The molecule has 3 fully saturated rings. The first-order valence-electron chi connectivity index (χ1n) is 14.2. The molecule has 3 aliphatic rings. The van der Waals surface area contributed by atoms with E-state index in [4.69, 9.17) is 4.74 Å². The van der Waals surface area contributed by atoms with E-state index in [0.29, 0.717) is 0 Å². The van der Waals surface area contributed by atoms with Crippen LogP contribution in [0.2, 0.25) is 0 Å². The Kier molecular flexibility index (Phi) is 6.86. The summed E-state index contributed by atoms with van der Waals surface area (Å²) in [5, 5.41) is 10.7. The number of aryl methyl sites for hydroxylation is 1. The number of piperazine rings is 1. The Bertz CT molecular complexity index is 1390. The number of ether oxygens (including phenoxy) is 1. The van der Waals surface area contributed by atoms with Crippen LogP contribution in [0.3, 0.4) is 0 Å². The van der Waals surface area contributed by atoms with Crippen LogP contribution in [0.4, 0.5) is 0 Å². The number of methoxy groups -OCH3 is 1. The molecule has 39 heavy (non-hydrogen) atoms. The fourth-order valence-corrected chi connectivity index (χ4v) is 7.17. The average Bonchev–Trinajstić information content (AvgIpc) is 3.44. The number of amides is 1. The van der Waals surface area contributed by atoms with Gasteiger partial charge in [-0.15, -0.1) is 0 Å². The molecular formula is C32H39N5O2. The summed E-state index contributed by atoms with van der Waals surface area (Å²) in [6.45, 7) is 7.29. The molecule has 3 aromatic rings. The first kappa shape index (κ1) is 25.9. The Hall–Kier alpha value is -3.34. The summed E-state index contributed by atoms with van der Waals surface area (Å²) in [5.74, 6) is 1.25. The number of carbonyl (C=O) groups is 1. The van der Waals surface area contributed by atoms with Crippen LogP contribution in [0.1, 0.15) is 58.8 Å². The monoisotopic (exact) mass is 525 g/mol. The van der Waals surface area contributed by atoms with Crippen LogP contribution in [-0.4, -0.2) is 72.5 Å². The lowest BCUT2D eigenvalue weighted by Gasteiger charge is -2.53. The van der Waals surface area contributed by atoms with Gasteiger partial charge in [0.15, 0.2) is 0 Å². The van der Waals surface area contributed by atoms with Crippen molar-refractivity contribution in [3.05, 3.63) is 64.8 Å². The molecule has 7 nitrogen and oxygen atoms in total. The molecule has 1 aliphatic carbocycles. The van der Waals surface area contributed by atoms with E-state index in [1.54, 1.807) is 7.11 Å². The van der Waals surface area contributed by atoms with Crippen molar-refractivity contribution in [1.29, 1.82) is 5.26 Å². The Morgan fingerprint density at radius 3 is 2.54 bits per heavy atom. The van der Waals surface area contributed by atoms with Crippen molar-refractivity contribution in [2.24, 2.45) is 11.3 Å². The van der Waals surface area contributed by atoms with E-state index in [1.807, 2.05) is 23.2 Å². The number of likely N-dealkylation sites (N-methyl/N-ethyl adjacent to an activating group) is 1. The second kappa shape index (κ2) is 10.3. The van der Waals surface area contributed by atoms with Gasteiger partial charge in [0.1, 0.15) is 5.75 Å². The van der Waals surface area contributed by atoms with E-state index >= 15 is 0 Å². The molecule has 2 aromatic carbocycles. The number of benzene rings is 2. The lowest BCUT2D eigenvalue weighted by atomic mass is 9.56. The number of nitrogens with zero attached hydrogens (tertiary/aromatic N) is 4.